The van der Waals surface area contributed by atoms with Gasteiger partial charge < -0.3 is 14.8 Å². The number of fused-ring (bicyclic) bond motifs is 1. The lowest BCUT2D eigenvalue weighted by atomic mass is 9.77. The molecule has 32 heavy (non-hydrogen) atoms. The topological polar surface area (TPSA) is 47.6 Å². The lowest BCUT2D eigenvalue weighted by Gasteiger charge is -2.29. The smallest absolute Gasteiger partial charge is 0.261 e. The van der Waals surface area contributed by atoms with Gasteiger partial charge in [-0.05, 0) is 40.3 Å². The fourth-order valence-electron chi connectivity index (χ4n) is 4.25. The number of nitrogens with one attached hydrogen (secondary N) is 1. The lowest BCUT2D eigenvalue weighted by Crippen LogP contribution is -2.31. The van der Waals surface area contributed by atoms with E-state index in [9.17, 15) is 4.79 Å². The second kappa shape index (κ2) is 9.28. The highest BCUT2D eigenvalue weighted by Crippen LogP contribution is 2.42. The highest BCUT2D eigenvalue weighted by molar-refractivity contribution is 7.12. The van der Waals surface area contributed by atoms with Crippen molar-refractivity contribution in [3.63, 3.8) is 0 Å². The van der Waals surface area contributed by atoms with E-state index in [-0.39, 0.29) is 24.5 Å². The largest absolute Gasteiger partial charge is 0.454 e. The Morgan fingerprint density at radius 2 is 1.50 bits per heavy atom. The SMILES string of the molecule is O=C(NCC(c1ccc2c(c1)OCO2)C(c1ccccc1)c1ccccc1)c1cccs1. The van der Waals surface area contributed by atoms with Crippen LogP contribution in [0.4, 0.5) is 0 Å². The molecule has 2 heterocycles. The van der Waals surface area contributed by atoms with E-state index in [0.717, 1.165) is 17.1 Å². The summed E-state index contributed by atoms with van der Waals surface area (Å²) in [6, 6.07) is 30.7. The van der Waals surface area contributed by atoms with Gasteiger partial charge in [-0.2, -0.15) is 0 Å². The van der Waals surface area contributed by atoms with Crippen molar-refractivity contribution in [1.82, 2.24) is 5.32 Å². The van der Waals surface area contributed by atoms with E-state index in [1.165, 1.54) is 22.5 Å². The number of benzene rings is 3. The zero-order valence-electron chi connectivity index (χ0n) is 17.4. The van der Waals surface area contributed by atoms with E-state index in [1.54, 1.807) is 0 Å². The van der Waals surface area contributed by atoms with Crippen LogP contribution in [-0.4, -0.2) is 19.2 Å². The Hall–Kier alpha value is -3.57. The Bertz CT molecular complexity index is 1140. The summed E-state index contributed by atoms with van der Waals surface area (Å²) < 4.78 is 11.2. The third-order valence-corrected chi connectivity index (χ3v) is 6.64. The van der Waals surface area contributed by atoms with Crippen LogP contribution in [0.2, 0.25) is 0 Å². The predicted octanol–water partition coefficient (Wildman–Crippen LogP) is 5.82. The molecule has 1 unspecified atom stereocenters. The van der Waals surface area contributed by atoms with Gasteiger partial charge in [0.2, 0.25) is 6.79 Å². The van der Waals surface area contributed by atoms with Crippen LogP contribution in [0.25, 0.3) is 0 Å². The fraction of sp³-hybridized carbons (Fsp3) is 0.148. The van der Waals surface area contributed by atoms with Gasteiger partial charge in [0, 0.05) is 18.4 Å². The number of amides is 1. The molecule has 5 rings (SSSR count). The van der Waals surface area contributed by atoms with Crippen LogP contribution >= 0.6 is 11.3 Å². The van der Waals surface area contributed by atoms with E-state index >= 15 is 0 Å². The van der Waals surface area contributed by atoms with E-state index < -0.39 is 0 Å². The summed E-state index contributed by atoms with van der Waals surface area (Å²) in [5.41, 5.74) is 3.50. The summed E-state index contributed by atoms with van der Waals surface area (Å²) in [7, 11) is 0. The number of rotatable bonds is 7. The Kier molecular flexibility index (Phi) is 5.90. The van der Waals surface area contributed by atoms with Crippen molar-refractivity contribution in [3.05, 3.63) is 118 Å². The van der Waals surface area contributed by atoms with Crippen molar-refractivity contribution in [2.45, 2.75) is 11.8 Å². The van der Waals surface area contributed by atoms with Gasteiger partial charge in [-0.15, -0.1) is 11.3 Å². The van der Waals surface area contributed by atoms with E-state index in [4.69, 9.17) is 9.47 Å². The van der Waals surface area contributed by atoms with E-state index in [1.807, 2.05) is 41.8 Å². The minimum Gasteiger partial charge on any atom is -0.454 e. The fourth-order valence-corrected chi connectivity index (χ4v) is 4.89. The molecule has 3 aromatic carbocycles. The number of hydrogen-bond donors (Lipinski definition) is 1. The molecular weight excluding hydrogens is 418 g/mol. The molecule has 0 bridgehead atoms. The van der Waals surface area contributed by atoms with Crippen LogP contribution in [0, 0.1) is 0 Å². The minimum atomic E-state index is -0.0504. The normalized spacial score (nSPS) is 13.2. The highest BCUT2D eigenvalue weighted by Gasteiger charge is 2.29. The molecule has 0 spiro atoms. The van der Waals surface area contributed by atoms with Crippen LogP contribution in [0.5, 0.6) is 11.5 Å². The van der Waals surface area contributed by atoms with Crippen LogP contribution in [0.15, 0.2) is 96.4 Å². The first-order valence-corrected chi connectivity index (χ1v) is 11.5. The zero-order valence-corrected chi connectivity index (χ0v) is 18.3. The third-order valence-electron chi connectivity index (χ3n) is 5.77. The number of ether oxygens (including phenoxy) is 2. The van der Waals surface area contributed by atoms with Crippen LogP contribution in [0.1, 0.15) is 38.2 Å². The molecule has 0 radical (unpaired) electrons. The predicted molar refractivity (Wildman–Crippen MR) is 127 cm³/mol. The molecule has 1 aliphatic heterocycles. The summed E-state index contributed by atoms with van der Waals surface area (Å²) in [4.78, 5) is 13.5. The molecule has 1 aromatic heterocycles. The second-order valence-corrected chi connectivity index (χ2v) is 8.65. The molecule has 1 aliphatic rings. The van der Waals surface area contributed by atoms with Gasteiger partial charge in [0.05, 0.1) is 4.88 Å². The molecule has 0 aliphatic carbocycles. The van der Waals surface area contributed by atoms with Crippen molar-refractivity contribution in [1.29, 1.82) is 0 Å². The van der Waals surface area contributed by atoms with Crippen LogP contribution < -0.4 is 14.8 Å². The van der Waals surface area contributed by atoms with Gasteiger partial charge in [-0.1, -0.05) is 72.8 Å². The zero-order chi connectivity index (χ0) is 21.8. The van der Waals surface area contributed by atoms with Gasteiger partial charge in [0.1, 0.15) is 0 Å². The van der Waals surface area contributed by atoms with E-state index in [2.05, 4.69) is 59.9 Å². The number of hydrogen-bond acceptors (Lipinski definition) is 4. The van der Waals surface area contributed by atoms with Gasteiger partial charge in [-0.25, -0.2) is 0 Å². The first kappa shape index (κ1) is 20.3. The highest BCUT2D eigenvalue weighted by atomic mass is 32.1. The molecule has 4 nitrogen and oxygen atoms in total. The number of carbonyl (C=O) groups excluding carboxylic acids is 1. The Morgan fingerprint density at radius 1 is 0.812 bits per heavy atom. The summed E-state index contributed by atoms with van der Waals surface area (Å²) in [6.07, 6.45) is 0. The minimum absolute atomic E-state index is 0.00166. The molecule has 4 aromatic rings. The quantitative estimate of drug-likeness (QED) is 0.393. The summed E-state index contributed by atoms with van der Waals surface area (Å²) in [5, 5.41) is 5.09. The first-order valence-electron chi connectivity index (χ1n) is 10.6. The van der Waals surface area contributed by atoms with Crippen molar-refractivity contribution >= 4 is 17.2 Å². The number of thiophene rings is 1. The maximum Gasteiger partial charge on any atom is 0.261 e. The Morgan fingerprint density at radius 3 is 2.16 bits per heavy atom. The van der Waals surface area contributed by atoms with Crippen molar-refractivity contribution in [3.8, 4) is 11.5 Å². The Labute approximate surface area is 191 Å². The van der Waals surface area contributed by atoms with Crippen LogP contribution in [0.3, 0.4) is 0 Å². The molecule has 1 N–H and O–H groups in total. The molecule has 0 saturated heterocycles. The molecule has 1 atom stereocenters. The average molecular weight is 442 g/mol. The van der Waals surface area contributed by atoms with Crippen LogP contribution in [-0.2, 0) is 0 Å². The summed E-state index contributed by atoms with van der Waals surface area (Å²) in [6.45, 7) is 0.726. The van der Waals surface area contributed by atoms with Crippen molar-refractivity contribution < 1.29 is 14.3 Å². The monoisotopic (exact) mass is 441 g/mol. The lowest BCUT2D eigenvalue weighted by molar-refractivity contribution is 0.0954. The van der Waals surface area contributed by atoms with Crippen molar-refractivity contribution in [2.24, 2.45) is 0 Å². The van der Waals surface area contributed by atoms with Crippen molar-refractivity contribution in [2.75, 3.05) is 13.3 Å². The Balaban J connectivity index is 1.55. The van der Waals surface area contributed by atoms with Gasteiger partial charge >= 0.3 is 0 Å². The standard InChI is InChI=1S/C27H23NO3S/c29-27(25-12-7-15-32-25)28-17-22(21-13-14-23-24(16-21)31-18-30-23)26(19-8-3-1-4-9-19)20-10-5-2-6-11-20/h1-16,22,26H,17-18H2,(H,28,29). The maximum atomic E-state index is 12.8. The summed E-state index contributed by atoms with van der Waals surface area (Å²) in [5.74, 6) is 1.51. The molecule has 160 valence electrons. The molecule has 0 saturated carbocycles. The van der Waals surface area contributed by atoms with E-state index in [0.29, 0.717) is 11.4 Å². The van der Waals surface area contributed by atoms with Gasteiger partial charge in [0.25, 0.3) is 5.91 Å². The average Bonchev–Trinajstić information content (AvgIpc) is 3.54. The first-order chi connectivity index (χ1) is 15.8. The second-order valence-electron chi connectivity index (χ2n) is 7.71. The number of carbonyl (C=O) groups is 1. The molecule has 5 heteroatoms. The maximum absolute atomic E-state index is 12.8. The molecule has 1 amide bonds. The summed E-state index contributed by atoms with van der Waals surface area (Å²) >= 11 is 1.45. The molecule has 0 fully saturated rings. The third kappa shape index (κ3) is 4.25. The molecular formula is C27H23NO3S. The van der Waals surface area contributed by atoms with Gasteiger partial charge in [0.15, 0.2) is 11.5 Å². The van der Waals surface area contributed by atoms with Gasteiger partial charge in [-0.3, -0.25) is 4.79 Å².